The van der Waals surface area contributed by atoms with Crippen molar-refractivity contribution < 1.29 is 12.8 Å². The third-order valence-corrected chi connectivity index (χ3v) is 6.71. The van der Waals surface area contributed by atoms with Crippen LogP contribution in [0, 0.1) is 12.7 Å². The minimum atomic E-state index is -3.52. The van der Waals surface area contributed by atoms with Crippen LogP contribution in [-0.2, 0) is 15.4 Å². The first-order valence-corrected chi connectivity index (χ1v) is 8.00. The second-order valence-electron chi connectivity index (χ2n) is 5.98. The molecule has 20 heavy (non-hydrogen) atoms. The van der Waals surface area contributed by atoms with E-state index in [2.05, 4.69) is 4.99 Å². The summed E-state index contributed by atoms with van der Waals surface area (Å²) in [7, 11) is -3.52. The molecule has 1 atom stereocenters. The number of benzene rings is 1. The van der Waals surface area contributed by atoms with E-state index in [4.69, 9.17) is 5.73 Å². The first kappa shape index (κ1) is 15.0. The molecule has 0 aliphatic carbocycles. The van der Waals surface area contributed by atoms with Gasteiger partial charge in [-0.1, -0.05) is 18.2 Å². The molecule has 0 amide bonds. The lowest BCUT2D eigenvalue weighted by atomic mass is 9.92. The highest BCUT2D eigenvalue weighted by Crippen LogP contribution is 2.38. The summed E-state index contributed by atoms with van der Waals surface area (Å²) in [5.74, 6) is -0.665. The molecule has 0 unspecified atom stereocenters. The van der Waals surface area contributed by atoms with Gasteiger partial charge >= 0.3 is 0 Å². The molecule has 0 bridgehead atoms. The molecule has 0 saturated heterocycles. The van der Waals surface area contributed by atoms with Crippen LogP contribution in [0.1, 0.15) is 31.9 Å². The summed E-state index contributed by atoms with van der Waals surface area (Å²) in [6.07, 6.45) is 0. The van der Waals surface area contributed by atoms with Crippen molar-refractivity contribution in [3.05, 3.63) is 35.1 Å². The summed E-state index contributed by atoms with van der Waals surface area (Å²) < 4.78 is 37.9. The third-order valence-electron chi connectivity index (χ3n) is 4.00. The number of nitrogens with zero attached hydrogens (tertiary/aromatic N) is 1. The van der Waals surface area contributed by atoms with Crippen LogP contribution in [0.2, 0.25) is 0 Å². The van der Waals surface area contributed by atoms with Gasteiger partial charge in [0, 0.05) is 5.56 Å². The topological polar surface area (TPSA) is 72.5 Å². The smallest absolute Gasteiger partial charge is 0.165 e. The number of amidine groups is 1. The molecular formula is C14H19FN2O2S. The second-order valence-corrected chi connectivity index (χ2v) is 8.52. The summed E-state index contributed by atoms with van der Waals surface area (Å²) in [5.41, 5.74) is 5.37. The summed E-state index contributed by atoms with van der Waals surface area (Å²) >= 11 is 0. The van der Waals surface area contributed by atoms with Crippen LogP contribution < -0.4 is 5.73 Å². The summed E-state index contributed by atoms with van der Waals surface area (Å²) in [5, 5.41) is 0. The molecule has 6 heteroatoms. The van der Waals surface area contributed by atoms with Crippen LogP contribution in [0.5, 0.6) is 0 Å². The van der Waals surface area contributed by atoms with Crippen LogP contribution in [0.15, 0.2) is 23.2 Å². The summed E-state index contributed by atoms with van der Waals surface area (Å²) in [6, 6.07) is 4.89. The van der Waals surface area contributed by atoms with Gasteiger partial charge in [-0.15, -0.1) is 0 Å². The molecule has 1 aliphatic rings. The Kier molecular flexibility index (Phi) is 3.20. The first-order valence-electron chi connectivity index (χ1n) is 6.35. The Bertz CT molecular complexity index is 695. The monoisotopic (exact) mass is 298 g/mol. The lowest BCUT2D eigenvalue weighted by Gasteiger charge is -2.38. The maximum atomic E-state index is 14.3. The largest absolute Gasteiger partial charge is 0.386 e. The number of sulfone groups is 1. The van der Waals surface area contributed by atoms with Crippen molar-refractivity contribution in [3.8, 4) is 0 Å². The SMILES string of the molecule is Cc1cccc([C@]2(C)CS(=O)(=O)C(C)(C)C(N)=N2)c1F. The van der Waals surface area contributed by atoms with Gasteiger partial charge in [0.25, 0.3) is 0 Å². The fourth-order valence-corrected chi connectivity index (χ4v) is 4.03. The minimum Gasteiger partial charge on any atom is -0.386 e. The molecule has 1 aromatic rings. The average Bonchev–Trinajstić information content (AvgIpc) is 2.29. The zero-order chi connectivity index (χ0) is 15.3. The van der Waals surface area contributed by atoms with Crippen LogP contribution in [-0.4, -0.2) is 24.8 Å². The molecule has 2 rings (SSSR count). The fourth-order valence-electron chi connectivity index (χ4n) is 2.34. The number of nitrogens with two attached hydrogens (primary N) is 1. The van der Waals surface area contributed by atoms with Gasteiger partial charge in [-0.3, -0.25) is 4.99 Å². The molecule has 0 fully saturated rings. The predicted octanol–water partition coefficient (Wildman–Crippen LogP) is 1.91. The predicted molar refractivity (Wildman–Crippen MR) is 78.0 cm³/mol. The average molecular weight is 298 g/mol. The van der Waals surface area contributed by atoms with E-state index in [1.54, 1.807) is 32.0 Å². The van der Waals surface area contributed by atoms with Crippen molar-refractivity contribution in [2.24, 2.45) is 10.7 Å². The number of hydrogen-bond donors (Lipinski definition) is 1. The second kappa shape index (κ2) is 4.28. The summed E-state index contributed by atoms with van der Waals surface area (Å²) in [6.45, 7) is 6.28. The Balaban J connectivity index is 2.69. The van der Waals surface area contributed by atoms with E-state index in [1.165, 1.54) is 13.8 Å². The van der Waals surface area contributed by atoms with Crippen molar-refractivity contribution in [1.29, 1.82) is 0 Å². The lowest BCUT2D eigenvalue weighted by molar-refractivity contribution is 0.473. The molecule has 1 aliphatic heterocycles. The van der Waals surface area contributed by atoms with E-state index in [0.29, 0.717) is 5.56 Å². The normalized spacial score (nSPS) is 27.9. The maximum absolute atomic E-state index is 14.3. The Morgan fingerprint density at radius 1 is 1.30 bits per heavy atom. The molecular weight excluding hydrogens is 279 g/mol. The Hall–Kier alpha value is -1.43. The van der Waals surface area contributed by atoms with E-state index in [0.717, 1.165) is 0 Å². The Labute approximate surface area is 118 Å². The standard InChI is InChI=1S/C14H19FN2O2S/c1-9-6-5-7-10(11(9)15)14(4)8-20(18,19)13(2,3)12(16)17-14/h5-7H,8H2,1-4H3,(H2,16,17)/t14-/m0/s1. The number of rotatable bonds is 1. The van der Waals surface area contributed by atoms with E-state index >= 15 is 0 Å². The van der Waals surface area contributed by atoms with E-state index < -0.39 is 25.9 Å². The Morgan fingerprint density at radius 2 is 1.90 bits per heavy atom. The third kappa shape index (κ3) is 2.02. The van der Waals surface area contributed by atoms with Gasteiger partial charge in [-0.05, 0) is 33.3 Å². The fraction of sp³-hybridized carbons (Fsp3) is 0.500. The van der Waals surface area contributed by atoms with Gasteiger partial charge in [-0.2, -0.15) is 0 Å². The molecule has 0 saturated carbocycles. The number of aliphatic imine (C=N–C) groups is 1. The van der Waals surface area contributed by atoms with E-state index in [1.807, 2.05) is 0 Å². The van der Waals surface area contributed by atoms with Crippen molar-refractivity contribution in [1.82, 2.24) is 0 Å². The molecule has 110 valence electrons. The first-order chi connectivity index (χ1) is 9.01. The molecule has 4 nitrogen and oxygen atoms in total. The van der Waals surface area contributed by atoms with Crippen LogP contribution >= 0.6 is 0 Å². The van der Waals surface area contributed by atoms with Gasteiger partial charge in [0.15, 0.2) is 9.84 Å². The van der Waals surface area contributed by atoms with Gasteiger partial charge in [-0.25, -0.2) is 12.8 Å². The highest BCUT2D eigenvalue weighted by Gasteiger charge is 2.49. The minimum absolute atomic E-state index is 0.0205. The van der Waals surface area contributed by atoms with Gasteiger partial charge in [0.2, 0.25) is 0 Å². The van der Waals surface area contributed by atoms with Crippen molar-refractivity contribution in [2.45, 2.75) is 38.0 Å². The number of aryl methyl sites for hydroxylation is 1. The lowest BCUT2D eigenvalue weighted by Crippen LogP contribution is -2.55. The zero-order valence-corrected chi connectivity index (χ0v) is 12.9. The highest BCUT2D eigenvalue weighted by molar-refractivity contribution is 7.93. The number of halogens is 1. The van der Waals surface area contributed by atoms with Gasteiger partial charge in [0.05, 0.1) is 5.75 Å². The molecule has 0 spiro atoms. The highest BCUT2D eigenvalue weighted by atomic mass is 32.2. The Morgan fingerprint density at radius 3 is 2.45 bits per heavy atom. The molecule has 2 N–H and O–H groups in total. The van der Waals surface area contributed by atoms with E-state index in [9.17, 15) is 12.8 Å². The van der Waals surface area contributed by atoms with Crippen molar-refractivity contribution in [3.63, 3.8) is 0 Å². The quantitative estimate of drug-likeness (QED) is 0.861. The van der Waals surface area contributed by atoms with E-state index in [-0.39, 0.29) is 17.2 Å². The van der Waals surface area contributed by atoms with Gasteiger partial charge in [0.1, 0.15) is 21.9 Å². The molecule has 1 heterocycles. The molecule has 0 aromatic heterocycles. The number of hydrogen-bond acceptors (Lipinski definition) is 4. The van der Waals surface area contributed by atoms with Crippen molar-refractivity contribution >= 4 is 15.7 Å². The summed E-state index contributed by atoms with van der Waals surface area (Å²) in [4.78, 5) is 4.31. The maximum Gasteiger partial charge on any atom is 0.165 e. The molecule has 1 aromatic carbocycles. The van der Waals surface area contributed by atoms with Crippen molar-refractivity contribution in [2.75, 3.05) is 5.75 Å². The van der Waals surface area contributed by atoms with Crippen LogP contribution in [0.3, 0.4) is 0 Å². The van der Waals surface area contributed by atoms with Gasteiger partial charge < -0.3 is 5.73 Å². The molecule has 0 radical (unpaired) electrons. The van der Waals surface area contributed by atoms with Crippen LogP contribution in [0.4, 0.5) is 4.39 Å². The van der Waals surface area contributed by atoms with Crippen LogP contribution in [0.25, 0.3) is 0 Å². The zero-order valence-electron chi connectivity index (χ0n) is 12.1.